The van der Waals surface area contributed by atoms with Crippen molar-refractivity contribution in [1.29, 1.82) is 0 Å². The lowest BCUT2D eigenvalue weighted by atomic mass is 9.89. The summed E-state index contributed by atoms with van der Waals surface area (Å²) in [6.45, 7) is 4.95. The van der Waals surface area contributed by atoms with E-state index in [1.54, 1.807) is 0 Å². The molecule has 0 radical (unpaired) electrons. The van der Waals surface area contributed by atoms with Gasteiger partial charge in [-0.3, -0.25) is 4.79 Å². The summed E-state index contributed by atoms with van der Waals surface area (Å²) >= 11 is 0. The Hall–Kier alpha value is -0.450. The molecule has 2 atom stereocenters. The first-order valence-corrected chi connectivity index (χ1v) is 6.31. The number of nitrogens with zero attached hydrogens (tertiary/aromatic N) is 2. The summed E-state index contributed by atoms with van der Waals surface area (Å²) in [7, 11) is 4.20. The number of ketones is 1. The van der Waals surface area contributed by atoms with Gasteiger partial charge in [0.2, 0.25) is 0 Å². The van der Waals surface area contributed by atoms with E-state index >= 15 is 0 Å². The molecule has 92 valence electrons. The van der Waals surface area contributed by atoms with Crippen molar-refractivity contribution in [1.82, 2.24) is 15.1 Å². The summed E-state index contributed by atoms with van der Waals surface area (Å²) < 4.78 is 0. The number of Topliss-reactive ketones (excluding diaryl/α,β-unsaturated/α-hetero) is 1. The molecule has 0 saturated carbocycles. The van der Waals surface area contributed by atoms with E-state index in [9.17, 15) is 4.79 Å². The molecular formula is C12H23N3O. The second-order valence-electron chi connectivity index (χ2n) is 5.27. The number of nitrogens with one attached hydrogen (secondary N) is 1. The van der Waals surface area contributed by atoms with Crippen molar-refractivity contribution in [2.45, 2.75) is 18.9 Å². The molecule has 0 aliphatic carbocycles. The average molecular weight is 225 g/mol. The normalized spacial score (nSPS) is 33.9. The van der Waals surface area contributed by atoms with Crippen LogP contribution in [0.15, 0.2) is 0 Å². The molecule has 4 nitrogen and oxygen atoms in total. The lowest BCUT2D eigenvalue weighted by Crippen LogP contribution is -2.55. The number of likely N-dealkylation sites (N-methyl/N-ethyl adjacent to an activating group) is 1. The number of likely N-dealkylation sites (tertiary alicyclic amines) is 1. The maximum atomic E-state index is 12.3. The molecule has 0 spiro atoms. The lowest BCUT2D eigenvalue weighted by molar-refractivity contribution is -0.127. The number of carbonyl (C=O) groups excluding carboxylic acids is 1. The van der Waals surface area contributed by atoms with Crippen LogP contribution in [-0.4, -0.2) is 68.4 Å². The number of rotatable bonds is 2. The van der Waals surface area contributed by atoms with Crippen LogP contribution < -0.4 is 5.32 Å². The zero-order valence-electron chi connectivity index (χ0n) is 10.4. The minimum absolute atomic E-state index is 0.0650. The zero-order chi connectivity index (χ0) is 11.5. The summed E-state index contributed by atoms with van der Waals surface area (Å²) in [6, 6.07) is 0.0650. The van der Waals surface area contributed by atoms with Crippen molar-refractivity contribution in [3.05, 3.63) is 0 Å². The lowest BCUT2D eigenvalue weighted by Gasteiger charge is -2.35. The van der Waals surface area contributed by atoms with E-state index in [0.29, 0.717) is 5.78 Å². The number of hydrogen-bond donors (Lipinski definition) is 1. The predicted octanol–water partition coefficient (Wildman–Crippen LogP) is -0.199. The van der Waals surface area contributed by atoms with Gasteiger partial charge in [-0.25, -0.2) is 0 Å². The van der Waals surface area contributed by atoms with E-state index in [-0.39, 0.29) is 12.0 Å². The van der Waals surface area contributed by atoms with Gasteiger partial charge >= 0.3 is 0 Å². The van der Waals surface area contributed by atoms with Crippen LogP contribution >= 0.6 is 0 Å². The monoisotopic (exact) mass is 225 g/mol. The van der Waals surface area contributed by atoms with Crippen LogP contribution in [0.1, 0.15) is 12.8 Å². The Morgan fingerprint density at radius 3 is 2.62 bits per heavy atom. The van der Waals surface area contributed by atoms with E-state index in [1.807, 2.05) is 0 Å². The maximum Gasteiger partial charge on any atom is 0.155 e. The Morgan fingerprint density at radius 1 is 1.19 bits per heavy atom. The smallest absolute Gasteiger partial charge is 0.155 e. The first-order chi connectivity index (χ1) is 7.66. The Kier molecular flexibility index (Phi) is 3.95. The number of piperidine rings is 1. The Labute approximate surface area is 98.0 Å². The standard InChI is InChI=1S/C12H23N3O/c1-14-6-3-4-10(8-14)12(16)11-9-15(2)7-5-13-11/h10-11,13H,3-9H2,1-2H3. The molecule has 2 unspecified atom stereocenters. The molecule has 2 fully saturated rings. The minimum Gasteiger partial charge on any atom is -0.306 e. The second kappa shape index (κ2) is 5.25. The van der Waals surface area contributed by atoms with Crippen molar-refractivity contribution in [2.75, 3.05) is 46.8 Å². The third kappa shape index (κ3) is 2.81. The molecule has 16 heavy (non-hydrogen) atoms. The van der Waals surface area contributed by atoms with Gasteiger partial charge in [0.1, 0.15) is 0 Å². The van der Waals surface area contributed by atoms with Gasteiger partial charge in [-0.15, -0.1) is 0 Å². The van der Waals surface area contributed by atoms with Crippen molar-refractivity contribution in [3.8, 4) is 0 Å². The van der Waals surface area contributed by atoms with Crippen LogP contribution in [0.25, 0.3) is 0 Å². The summed E-state index contributed by atoms with van der Waals surface area (Å²) in [4.78, 5) is 16.8. The molecule has 2 heterocycles. The zero-order valence-corrected chi connectivity index (χ0v) is 10.4. The van der Waals surface area contributed by atoms with Gasteiger partial charge in [0.25, 0.3) is 0 Å². The summed E-state index contributed by atoms with van der Waals surface area (Å²) in [5.41, 5.74) is 0. The van der Waals surface area contributed by atoms with E-state index in [4.69, 9.17) is 0 Å². The third-order valence-corrected chi connectivity index (χ3v) is 3.75. The molecule has 0 aromatic carbocycles. The van der Waals surface area contributed by atoms with Crippen LogP contribution in [-0.2, 0) is 4.79 Å². The van der Waals surface area contributed by atoms with Crippen LogP contribution in [0.2, 0.25) is 0 Å². The average Bonchev–Trinajstić information content (AvgIpc) is 2.28. The van der Waals surface area contributed by atoms with Crippen molar-refractivity contribution < 1.29 is 4.79 Å². The highest BCUT2D eigenvalue weighted by atomic mass is 16.1. The van der Waals surface area contributed by atoms with Crippen molar-refractivity contribution in [3.63, 3.8) is 0 Å². The maximum absolute atomic E-state index is 12.3. The molecule has 4 heteroatoms. The van der Waals surface area contributed by atoms with Gasteiger partial charge in [0, 0.05) is 32.1 Å². The van der Waals surface area contributed by atoms with E-state index < -0.39 is 0 Å². The van der Waals surface area contributed by atoms with E-state index in [1.165, 1.54) is 0 Å². The van der Waals surface area contributed by atoms with E-state index in [0.717, 1.165) is 45.6 Å². The van der Waals surface area contributed by atoms with Crippen molar-refractivity contribution >= 4 is 5.78 Å². The molecule has 2 aliphatic rings. The first-order valence-electron chi connectivity index (χ1n) is 6.31. The fraction of sp³-hybridized carbons (Fsp3) is 0.917. The highest BCUT2D eigenvalue weighted by Gasteiger charge is 2.31. The largest absolute Gasteiger partial charge is 0.306 e. The van der Waals surface area contributed by atoms with Crippen LogP contribution in [0.4, 0.5) is 0 Å². The summed E-state index contributed by atoms with van der Waals surface area (Å²) in [5.74, 6) is 0.681. The fourth-order valence-electron chi connectivity index (χ4n) is 2.77. The summed E-state index contributed by atoms with van der Waals surface area (Å²) in [5, 5.41) is 3.35. The molecule has 1 N–H and O–H groups in total. The molecule has 0 amide bonds. The van der Waals surface area contributed by atoms with Crippen LogP contribution in [0.3, 0.4) is 0 Å². The molecule has 0 aromatic heterocycles. The van der Waals surface area contributed by atoms with Gasteiger partial charge in [0.05, 0.1) is 6.04 Å². The van der Waals surface area contributed by atoms with Gasteiger partial charge in [0.15, 0.2) is 5.78 Å². The van der Waals surface area contributed by atoms with Gasteiger partial charge in [-0.05, 0) is 33.5 Å². The third-order valence-electron chi connectivity index (χ3n) is 3.75. The number of hydrogen-bond acceptors (Lipinski definition) is 4. The van der Waals surface area contributed by atoms with E-state index in [2.05, 4.69) is 29.2 Å². The summed E-state index contributed by atoms with van der Waals surface area (Å²) in [6.07, 6.45) is 2.24. The van der Waals surface area contributed by atoms with Gasteiger partial charge < -0.3 is 15.1 Å². The first kappa shape index (κ1) is 12.0. The Balaban J connectivity index is 1.90. The van der Waals surface area contributed by atoms with Crippen LogP contribution in [0.5, 0.6) is 0 Å². The molecule has 2 rings (SSSR count). The highest BCUT2D eigenvalue weighted by Crippen LogP contribution is 2.18. The Bertz CT molecular complexity index is 233. The molecular weight excluding hydrogens is 202 g/mol. The molecule has 0 bridgehead atoms. The quantitative estimate of drug-likeness (QED) is 0.706. The number of piperazine rings is 1. The molecule has 2 aliphatic heterocycles. The number of carbonyl (C=O) groups is 1. The van der Waals surface area contributed by atoms with Gasteiger partial charge in [-0.1, -0.05) is 0 Å². The predicted molar refractivity (Wildman–Crippen MR) is 64.5 cm³/mol. The fourth-order valence-corrected chi connectivity index (χ4v) is 2.77. The highest BCUT2D eigenvalue weighted by molar-refractivity contribution is 5.87. The van der Waals surface area contributed by atoms with Gasteiger partial charge in [-0.2, -0.15) is 0 Å². The topological polar surface area (TPSA) is 35.6 Å². The minimum atomic E-state index is 0.0650. The second-order valence-corrected chi connectivity index (χ2v) is 5.27. The molecule has 0 aromatic rings. The molecule has 2 saturated heterocycles. The van der Waals surface area contributed by atoms with Crippen molar-refractivity contribution in [2.24, 2.45) is 5.92 Å². The Morgan fingerprint density at radius 2 is 1.94 bits per heavy atom. The SMILES string of the molecule is CN1CCCC(C(=O)C2CN(C)CCN2)C1. The van der Waals surface area contributed by atoms with Crippen LogP contribution in [0, 0.1) is 5.92 Å².